The average Bonchev–Trinajstić information content (AvgIpc) is 2.08. The quantitative estimate of drug-likeness (QED) is 0.827. The van der Waals surface area contributed by atoms with Crippen LogP contribution in [0.4, 0.5) is 13.2 Å². The molecule has 0 aromatic heterocycles. The second kappa shape index (κ2) is 4.09. The van der Waals surface area contributed by atoms with Gasteiger partial charge in [0, 0.05) is 0 Å². The van der Waals surface area contributed by atoms with Crippen LogP contribution in [0.15, 0.2) is 18.2 Å². The van der Waals surface area contributed by atoms with E-state index in [0.717, 1.165) is 12.1 Å². The molecule has 0 aliphatic rings. The lowest BCUT2D eigenvalue weighted by Crippen LogP contribution is -2.17. The number of hydrogen-bond acceptors (Lipinski definition) is 3. The van der Waals surface area contributed by atoms with Gasteiger partial charge in [-0.25, -0.2) is 0 Å². The van der Waals surface area contributed by atoms with E-state index in [-0.39, 0.29) is 6.42 Å². The number of ether oxygens (including phenoxy) is 1. The van der Waals surface area contributed by atoms with Gasteiger partial charge in [-0.2, -0.15) is 5.26 Å². The first kappa shape index (κ1) is 11.2. The fourth-order valence-electron chi connectivity index (χ4n) is 0.975. The third kappa shape index (κ3) is 3.38. The van der Waals surface area contributed by atoms with Gasteiger partial charge in [0.15, 0.2) is 11.5 Å². The summed E-state index contributed by atoms with van der Waals surface area (Å²) in [5.74, 6) is -1.32. The third-order valence-electron chi connectivity index (χ3n) is 1.53. The Balaban J connectivity index is 2.89. The largest absolute Gasteiger partial charge is 0.573 e. The summed E-state index contributed by atoms with van der Waals surface area (Å²) in [6.07, 6.45) is -4.83. The van der Waals surface area contributed by atoms with E-state index in [1.807, 2.05) is 0 Å². The van der Waals surface area contributed by atoms with E-state index in [1.54, 1.807) is 6.07 Å². The minimum Gasteiger partial charge on any atom is -0.504 e. The fourth-order valence-corrected chi connectivity index (χ4v) is 0.975. The number of hydrogen-bond donors (Lipinski definition) is 1. The van der Waals surface area contributed by atoms with Crippen molar-refractivity contribution in [3.8, 4) is 17.6 Å². The molecule has 0 fully saturated rings. The molecule has 3 nitrogen and oxygen atoms in total. The molecule has 0 amide bonds. The van der Waals surface area contributed by atoms with Crippen LogP contribution in [0, 0.1) is 11.3 Å². The highest BCUT2D eigenvalue weighted by Gasteiger charge is 2.32. The Morgan fingerprint density at radius 1 is 1.40 bits per heavy atom. The molecule has 0 spiro atoms. The predicted molar refractivity (Wildman–Crippen MR) is 44.1 cm³/mol. The molecule has 80 valence electrons. The summed E-state index contributed by atoms with van der Waals surface area (Å²) in [6, 6.07) is 5.11. The Labute approximate surface area is 83.3 Å². The number of phenols is 1. The fraction of sp³-hybridized carbons (Fsp3) is 0.222. The molecule has 0 saturated heterocycles. The van der Waals surface area contributed by atoms with Crippen LogP contribution in [0.1, 0.15) is 5.56 Å². The Hall–Kier alpha value is -1.90. The van der Waals surface area contributed by atoms with Gasteiger partial charge >= 0.3 is 6.36 Å². The maximum atomic E-state index is 11.8. The highest BCUT2D eigenvalue weighted by atomic mass is 19.4. The summed E-state index contributed by atoms with van der Waals surface area (Å²) < 4.78 is 38.9. The van der Waals surface area contributed by atoms with E-state index in [0.29, 0.717) is 5.56 Å². The zero-order valence-electron chi connectivity index (χ0n) is 7.38. The van der Waals surface area contributed by atoms with Crippen LogP contribution in [0.3, 0.4) is 0 Å². The van der Waals surface area contributed by atoms with Crippen molar-refractivity contribution in [2.75, 3.05) is 0 Å². The molecule has 1 aromatic rings. The summed E-state index contributed by atoms with van der Waals surface area (Å²) in [4.78, 5) is 0. The van der Waals surface area contributed by atoms with Crippen molar-refractivity contribution in [2.24, 2.45) is 0 Å². The van der Waals surface area contributed by atoms with Gasteiger partial charge in [0.2, 0.25) is 0 Å². The van der Waals surface area contributed by atoms with Gasteiger partial charge < -0.3 is 9.84 Å². The number of nitriles is 1. The van der Waals surface area contributed by atoms with Crippen LogP contribution in [0.5, 0.6) is 11.5 Å². The van der Waals surface area contributed by atoms with E-state index in [2.05, 4.69) is 4.74 Å². The van der Waals surface area contributed by atoms with E-state index in [4.69, 9.17) is 10.4 Å². The molecule has 15 heavy (non-hydrogen) atoms. The lowest BCUT2D eigenvalue weighted by Gasteiger charge is -2.10. The Morgan fingerprint density at radius 3 is 2.53 bits per heavy atom. The minimum atomic E-state index is -4.84. The second-order valence-electron chi connectivity index (χ2n) is 2.68. The Morgan fingerprint density at radius 2 is 2.07 bits per heavy atom. The third-order valence-corrected chi connectivity index (χ3v) is 1.53. The molecule has 0 aliphatic carbocycles. The molecular formula is C9H6F3NO2. The van der Waals surface area contributed by atoms with Crippen molar-refractivity contribution in [1.82, 2.24) is 0 Å². The number of aromatic hydroxyl groups is 1. The number of halogens is 3. The van der Waals surface area contributed by atoms with Gasteiger partial charge in [0.1, 0.15) is 0 Å². The molecule has 0 bridgehead atoms. The topological polar surface area (TPSA) is 53.2 Å². The van der Waals surface area contributed by atoms with Crippen molar-refractivity contribution in [3.63, 3.8) is 0 Å². The molecule has 1 N–H and O–H groups in total. The van der Waals surface area contributed by atoms with Gasteiger partial charge in [-0.15, -0.1) is 13.2 Å². The van der Waals surface area contributed by atoms with Crippen molar-refractivity contribution in [1.29, 1.82) is 5.26 Å². The molecule has 0 aliphatic heterocycles. The average molecular weight is 217 g/mol. The van der Waals surface area contributed by atoms with Gasteiger partial charge in [0.25, 0.3) is 0 Å². The van der Waals surface area contributed by atoms with Crippen molar-refractivity contribution < 1.29 is 23.0 Å². The van der Waals surface area contributed by atoms with Gasteiger partial charge in [-0.05, 0) is 17.7 Å². The summed E-state index contributed by atoms with van der Waals surface area (Å²) in [5, 5.41) is 17.5. The van der Waals surface area contributed by atoms with Crippen LogP contribution in [0.25, 0.3) is 0 Å². The number of phenolic OH excluding ortho intramolecular Hbond substituents is 1. The van der Waals surface area contributed by atoms with E-state index < -0.39 is 17.9 Å². The summed E-state index contributed by atoms with van der Waals surface area (Å²) in [6.45, 7) is 0. The maximum Gasteiger partial charge on any atom is 0.573 e. The molecule has 1 rings (SSSR count). The minimum absolute atomic E-state index is 0.0137. The highest BCUT2D eigenvalue weighted by Crippen LogP contribution is 2.31. The molecular weight excluding hydrogens is 211 g/mol. The van der Waals surface area contributed by atoms with Crippen LogP contribution < -0.4 is 4.74 Å². The normalized spacial score (nSPS) is 10.8. The van der Waals surface area contributed by atoms with E-state index >= 15 is 0 Å². The second-order valence-corrected chi connectivity index (χ2v) is 2.68. The molecule has 0 atom stereocenters. The number of nitrogens with zero attached hydrogens (tertiary/aromatic N) is 1. The summed E-state index contributed by atoms with van der Waals surface area (Å²) in [5.41, 5.74) is 0.421. The molecule has 0 radical (unpaired) electrons. The number of benzene rings is 1. The molecule has 6 heteroatoms. The number of rotatable bonds is 2. The first-order valence-electron chi connectivity index (χ1n) is 3.87. The standard InChI is InChI=1S/C9H6F3NO2/c10-9(11,12)15-8-2-1-6(3-4-13)5-7(8)14/h1-2,5,14H,3H2. The zero-order chi connectivity index (χ0) is 11.5. The lowest BCUT2D eigenvalue weighted by atomic mass is 10.1. The van der Waals surface area contributed by atoms with Crippen LogP contribution in [-0.2, 0) is 6.42 Å². The molecule has 0 saturated carbocycles. The van der Waals surface area contributed by atoms with Crippen molar-refractivity contribution in [3.05, 3.63) is 23.8 Å². The molecule has 1 aromatic carbocycles. The Kier molecular flexibility index (Phi) is 3.04. The Bertz CT molecular complexity index is 395. The first-order chi connectivity index (χ1) is 6.92. The van der Waals surface area contributed by atoms with E-state index in [1.165, 1.54) is 6.07 Å². The predicted octanol–water partition coefficient (Wildman–Crippen LogP) is 2.36. The molecule has 0 unspecified atom stereocenters. The summed E-state index contributed by atoms with van der Waals surface area (Å²) in [7, 11) is 0. The van der Waals surface area contributed by atoms with Crippen LogP contribution >= 0.6 is 0 Å². The smallest absolute Gasteiger partial charge is 0.504 e. The maximum absolute atomic E-state index is 11.8. The van der Waals surface area contributed by atoms with Gasteiger partial charge in [-0.1, -0.05) is 6.07 Å². The van der Waals surface area contributed by atoms with Crippen molar-refractivity contribution >= 4 is 0 Å². The lowest BCUT2D eigenvalue weighted by molar-refractivity contribution is -0.275. The summed E-state index contributed by atoms with van der Waals surface area (Å²) >= 11 is 0. The van der Waals surface area contributed by atoms with Crippen LogP contribution in [-0.4, -0.2) is 11.5 Å². The zero-order valence-corrected chi connectivity index (χ0v) is 7.38. The van der Waals surface area contributed by atoms with Gasteiger partial charge in [-0.3, -0.25) is 0 Å². The van der Waals surface area contributed by atoms with Gasteiger partial charge in [0.05, 0.1) is 12.5 Å². The SMILES string of the molecule is N#CCc1ccc(OC(F)(F)F)c(O)c1. The monoisotopic (exact) mass is 217 g/mol. The van der Waals surface area contributed by atoms with Crippen molar-refractivity contribution in [2.45, 2.75) is 12.8 Å². The first-order valence-corrected chi connectivity index (χ1v) is 3.87. The highest BCUT2D eigenvalue weighted by molar-refractivity contribution is 5.42. The van der Waals surface area contributed by atoms with E-state index in [9.17, 15) is 13.2 Å². The molecule has 0 heterocycles. The van der Waals surface area contributed by atoms with Crippen LogP contribution in [0.2, 0.25) is 0 Å². The number of alkyl halides is 3.